The fourth-order valence-corrected chi connectivity index (χ4v) is 3.64. The van der Waals surface area contributed by atoms with E-state index in [1.165, 1.54) is 0 Å². The number of amides is 1. The monoisotopic (exact) mass is 397 g/mol. The van der Waals surface area contributed by atoms with Crippen LogP contribution in [0.5, 0.6) is 5.75 Å². The Morgan fingerprint density at radius 1 is 1.21 bits per heavy atom. The highest BCUT2D eigenvalue weighted by Crippen LogP contribution is 2.29. The Balaban J connectivity index is 1.50. The van der Waals surface area contributed by atoms with Crippen molar-refractivity contribution in [1.29, 1.82) is 0 Å². The first-order valence-corrected chi connectivity index (χ1v) is 9.55. The molecule has 4 rings (SSSR count). The van der Waals surface area contributed by atoms with Gasteiger partial charge < -0.3 is 14.2 Å². The molecule has 1 amide bonds. The van der Waals surface area contributed by atoms with Gasteiger partial charge in [-0.25, -0.2) is 0 Å². The second kappa shape index (κ2) is 8.02. The number of rotatable bonds is 4. The van der Waals surface area contributed by atoms with Gasteiger partial charge in [-0.1, -0.05) is 28.9 Å². The lowest BCUT2D eigenvalue weighted by molar-refractivity contribution is 0.0696. The first kappa shape index (κ1) is 18.5. The third kappa shape index (κ3) is 3.73. The Labute approximate surface area is 168 Å². The topological polar surface area (TPSA) is 68.5 Å². The fraction of sp³-hybridized carbons (Fsp3) is 0.286. The number of ether oxygens (including phenoxy) is 1. The molecule has 7 heteroatoms. The number of benzene rings is 2. The van der Waals surface area contributed by atoms with Gasteiger partial charge in [0.15, 0.2) is 0 Å². The van der Waals surface area contributed by atoms with Crippen LogP contribution in [-0.4, -0.2) is 41.1 Å². The summed E-state index contributed by atoms with van der Waals surface area (Å²) in [7, 11) is 1.63. The van der Waals surface area contributed by atoms with Gasteiger partial charge in [-0.3, -0.25) is 4.79 Å². The summed E-state index contributed by atoms with van der Waals surface area (Å²) in [5, 5.41) is 4.57. The van der Waals surface area contributed by atoms with E-state index in [2.05, 4.69) is 10.1 Å². The standard InChI is InChI=1S/C21H20ClN3O3/c1-27-16-10-8-14(9-11-16)19-23-20(28-24-19)15-5-4-12-25(13-15)21(26)17-6-2-3-7-18(17)22/h2-3,6-11,15H,4-5,12-13H2,1H3/t15-/m0/s1. The predicted molar refractivity (Wildman–Crippen MR) is 106 cm³/mol. The average molecular weight is 398 g/mol. The molecule has 2 heterocycles. The maximum atomic E-state index is 12.8. The van der Waals surface area contributed by atoms with Crippen LogP contribution >= 0.6 is 11.6 Å². The maximum Gasteiger partial charge on any atom is 0.255 e. The average Bonchev–Trinajstić information content (AvgIpc) is 3.24. The van der Waals surface area contributed by atoms with E-state index in [0.29, 0.717) is 35.4 Å². The van der Waals surface area contributed by atoms with Gasteiger partial charge in [0, 0.05) is 18.7 Å². The number of methoxy groups -OCH3 is 1. The molecule has 1 saturated heterocycles. The maximum absolute atomic E-state index is 12.8. The van der Waals surface area contributed by atoms with Gasteiger partial charge >= 0.3 is 0 Å². The van der Waals surface area contributed by atoms with Crippen LogP contribution in [0.25, 0.3) is 11.4 Å². The van der Waals surface area contributed by atoms with Crippen molar-refractivity contribution in [2.45, 2.75) is 18.8 Å². The van der Waals surface area contributed by atoms with Gasteiger partial charge in [0.2, 0.25) is 11.7 Å². The van der Waals surface area contributed by atoms with Crippen LogP contribution in [0.15, 0.2) is 53.1 Å². The van der Waals surface area contributed by atoms with Crippen molar-refractivity contribution in [2.75, 3.05) is 20.2 Å². The molecule has 1 aromatic heterocycles. The molecule has 2 aromatic carbocycles. The summed E-state index contributed by atoms with van der Waals surface area (Å²) in [6, 6.07) is 14.6. The largest absolute Gasteiger partial charge is 0.497 e. The van der Waals surface area contributed by atoms with Gasteiger partial charge in [-0.15, -0.1) is 0 Å². The van der Waals surface area contributed by atoms with Crippen molar-refractivity contribution in [1.82, 2.24) is 15.0 Å². The van der Waals surface area contributed by atoms with Crippen LogP contribution in [-0.2, 0) is 0 Å². The number of nitrogens with zero attached hydrogens (tertiary/aromatic N) is 3. The van der Waals surface area contributed by atoms with E-state index in [-0.39, 0.29) is 11.8 Å². The molecule has 0 saturated carbocycles. The molecule has 1 fully saturated rings. The van der Waals surface area contributed by atoms with E-state index in [1.54, 1.807) is 19.2 Å². The second-order valence-electron chi connectivity index (χ2n) is 6.75. The fourth-order valence-electron chi connectivity index (χ4n) is 3.43. The third-order valence-corrected chi connectivity index (χ3v) is 5.28. The van der Waals surface area contributed by atoms with Crippen molar-refractivity contribution in [3.8, 4) is 17.1 Å². The van der Waals surface area contributed by atoms with Gasteiger partial charge in [0.25, 0.3) is 5.91 Å². The molecule has 6 nitrogen and oxygen atoms in total. The van der Waals surface area contributed by atoms with E-state index in [9.17, 15) is 4.79 Å². The first-order valence-electron chi connectivity index (χ1n) is 9.17. The quantitative estimate of drug-likeness (QED) is 0.651. The minimum atomic E-state index is -0.0646. The first-order chi connectivity index (χ1) is 13.7. The molecule has 28 heavy (non-hydrogen) atoms. The summed E-state index contributed by atoms with van der Waals surface area (Å²) >= 11 is 6.19. The molecule has 0 spiro atoms. The van der Waals surface area contributed by atoms with Gasteiger partial charge in [-0.2, -0.15) is 4.98 Å². The van der Waals surface area contributed by atoms with Crippen LogP contribution in [0.3, 0.4) is 0 Å². The van der Waals surface area contributed by atoms with Gasteiger partial charge in [0.05, 0.1) is 23.6 Å². The normalized spacial score (nSPS) is 16.8. The Kier molecular flexibility index (Phi) is 5.30. The van der Waals surface area contributed by atoms with Crippen molar-refractivity contribution in [2.24, 2.45) is 0 Å². The van der Waals surface area contributed by atoms with Crippen molar-refractivity contribution >= 4 is 17.5 Å². The molecule has 0 radical (unpaired) electrons. The number of hydrogen-bond donors (Lipinski definition) is 0. The SMILES string of the molecule is COc1ccc(-c2noc([C@H]3CCCN(C(=O)c4ccccc4Cl)C3)n2)cc1. The second-order valence-corrected chi connectivity index (χ2v) is 7.16. The lowest BCUT2D eigenvalue weighted by Crippen LogP contribution is -2.39. The van der Waals surface area contributed by atoms with Crippen molar-refractivity contribution < 1.29 is 14.1 Å². The zero-order valence-corrected chi connectivity index (χ0v) is 16.2. The molecule has 1 aliphatic rings. The lowest BCUT2D eigenvalue weighted by atomic mass is 9.97. The van der Waals surface area contributed by atoms with Crippen LogP contribution in [0.2, 0.25) is 5.02 Å². The summed E-state index contributed by atoms with van der Waals surface area (Å²) in [5.41, 5.74) is 1.38. The van der Waals surface area contributed by atoms with Crippen LogP contribution in [0, 0.1) is 0 Å². The molecule has 1 aliphatic heterocycles. The molecule has 144 valence electrons. The molecule has 0 aliphatic carbocycles. The summed E-state index contributed by atoms with van der Waals surface area (Å²) in [6.45, 7) is 1.23. The number of hydrogen-bond acceptors (Lipinski definition) is 5. The van der Waals surface area contributed by atoms with Crippen LogP contribution in [0.1, 0.15) is 35.0 Å². The zero-order valence-electron chi connectivity index (χ0n) is 15.5. The van der Waals surface area contributed by atoms with Gasteiger partial charge in [0.1, 0.15) is 5.75 Å². The van der Waals surface area contributed by atoms with E-state index in [0.717, 1.165) is 24.2 Å². The lowest BCUT2D eigenvalue weighted by Gasteiger charge is -2.31. The van der Waals surface area contributed by atoms with E-state index < -0.39 is 0 Å². The molecular weight excluding hydrogens is 378 g/mol. The third-order valence-electron chi connectivity index (χ3n) is 4.95. The Bertz CT molecular complexity index is 971. The van der Waals surface area contributed by atoms with E-state index in [4.69, 9.17) is 20.9 Å². The predicted octanol–water partition coefficient (Wildman–Crippen LogP) is 4.42. The number of likely N-dealkylation sites (tertiary alicyclic amines) is 1. The number of halogens is 1. The molecule has 0 bridgehead atoms. The summed E-state index contributed by atoms with van der Waals surface area (Å²) < 4.78 is 10.7. The van der Waals surface area contributed by atoms with Crippen molar-refractivity contribution in [3.05, 3.63) is 65.0 Å². The number of aromatic nitrogens is 2. The molecule has 0 unspecified atom stereocenters. The summed E-state index contributed by atoms with van der Waals surface area (Å²) in [6.07, 6.45) is 1.78. The van der Waals surface area contributed by atoms with Gasteiger partial charge in [-0.05, 0) is 49.2 Å². The highest BCUT2D eigenvalue weighted by Gasteiger charge is 2.29. The van der Waals surface area contributed by atoms with E-state index in [1.807, 2.05) is 41.3 Å². The number of carbonyl (C=O) groups excluding carboxylic acids is 1. The highest BCUT2D eigenvalue weighted by atomic mass is 35.5. The minimum Gasteiger partial charge on any atom is -0.497 e. The van der Waals surface area contributed by atoms with Crippen LogP contribution in [0.4, 0.5) is 0 Å². The summed E-state index contributed by atoms with van der Waals surface area (Å²) in [5.74, 6) is 1.81. The summed E-state index contributed by atoms with van der Waals surface area (Å²) in [4.78, 5) is 19.2. The molecule has 0 N–H and O–H groups in total. The zero-order chi connectivity index (χ0) is 19.5. The number of carbonyl (C=O) groups is 1. The Hall–Kier alpha value is -2.86. The molecule has 3 aromatic rings. The minimum absolute atomic E-state index is 0.0136. The van der Waals surface area contributed by atoms with Crippen LogP contribution < -0.4 is 4.74 Å². The smallest absolute Gasteiger partial charge is 0.255 e. The Morgan fingerprint density at radius 2 is 2.00 bits per heavy atom. The Morgan fingerprint density at radius 3 is 2.75 bits per heavy atom. The highest BCUT2D eigenvalue weighted by molar-refractivity contribution is 6.33. The number of piperidine rings is 1. The molecule has 1 atom stereocenters. The van der Waals surface area contributed by atoms with Crippen molar-refractivity contribution in [3.63, 3.8) is 0 Å². The van der Waals surface area contributed by atoms with E-state index >= 15 is 0 Å². The molecular formula is C21H20ClN3O3.